The molecule has 0 spiro atoms. The maximum atomic E-state index is 5.80. The lowest BCUT2D eigenvalue weighted by molar-refractivity contribution is 0.215. The van der Waals surface area contributed by atoms with Gasteiger partial charge in [0, 0.05) is 13.2 Å². The first kappa shape index (κ1) is 13.5. The van der Waals surface area contributed by atoms with Gasteiger partial charge >= 0.3 is 9.28 Å². The molecule has 0 N–H and O–H groups in total. The third kappa shape index (κ3) is 3.31. The Balaban J connectivity index is 1.94. The van der Waals surface area contributed by atoms with Crippen LogP contribution < -0.4 is 0 Å². The Morgan fingerprint density at radius 3 is 2.28 bits per heavy atom. The summed E-state index contributed by atoms with van der Waals surface area (Å²) >= 11 is 0. The van der Waals surface area contributed by atoms with Crippen molar-refractivity contribution in [3.05, 3.63) is 47.2 Å². The summed E-state index contributed by atoms with van der Waals surface area (Å²) in [5, 5.41) is 1.46. The second-order valence-electron chi connectivity index (χ2n) is 4.57. The molecule has 0 bridgehead atoms. The van der Waals surface area contributed by atoms with E-state index in [4.69, 9.17) is 8.85 Å². The normalized spacial score (nSPS) is 18.6. The van der Waals surface area contributed by atoms with Crippen molar-refractivity contribution in [3.63, 3.8) is 0 Å². The Bertz CT molecular complexity index is 383. The quantitative estimate of drug-likeness (QED) is 0.703. The van der Waals surface area contributed by atoms with Gasteiger partial charge in [-0.25, -0.2) is 0 Å². The van der Waals surface area contributed by atoms with E-state index in [0.717, 1.165) is 19.6 Å². The van der Waals surface area contributed by atoms with Gasteiger partial charge in [0.05, 0.1) is 0 Å². The number of hydrogen-bond acceptors (Lipinski definition) is 2. The van der Waals surface area contributed by atoms with E-state index in [2.05, 4.69) is 36.4 Å². The molecule has 2 nitrogen and oxygen atoms in total. The molecule has 1 atom stereocenters. The molecular formula is C15H22O2Si. The minimum absolute atomic E-state index is 0.641. The van der Waals surface area contributed by atoms with Gasteiger partial charge in [-0.15, -0.1) is 0 Å². The third-order valence-corrected chi connectivity index (χ3v) is 5.87. The van der Waals surface area contributed by atoms with Crippen molar-refractivity contribution in [2.75, 3.05) is 13.2 Å². The molecule has 3 heteroatoms. The predicted octanol–water partition coefficient (Wildman–Crippen LogP) is 3.01. The SMILES string of the molecule is CCO[SiH](OCC)C1=CCC1Cc1ccccc1. The van der Waals surface area contributed by atoms with Crippen molar-refractivity contribution in [2.45, 2.75) is 26.7 Å². The molecule has 0 amide bonds. The molecule has 18 heavy (non-hydrogen) atoms. The fourth-order valence-corrected chi connectivity index (χ4v) is 4.41. The van der Waals surface area contributed by atoms with E-state index >= 15 is 0 Å². The summed E-state index contributed by atoms with van der Waals surface area (Å²) in [6.45, 7) is 5.60. The Morgan fingerprint density at radius 1 is 1.11 bits per heavy atom. The van der Waals surface area contributed by atoms with E-state index in [0.29, 0.717) is 5.92 Å². The van der Waals surface area contributed by atoms with Crippen molar-refractivity contribution in [1.29, 1.82) is 0 Å². The van der Waals surface area contributed by atoms with Crippen LogP contribution >= 0.6 is 0 Å². The van der Waals surface area contributed by atoms with Crippen molar-refractivity contribution in [1.82, 2.24) is 0 Å². The highest BCUT2D eigenvalue weighted by Gasteiger charge is 2.31. The van der Waals surface area contributed by atoms with E-state index in [1.807, 2.05) is 13.8 Å². The Labute approximate surface area is 111 Å². The first-order valence-electron chi connectivity index (χ1n) is 6.82. The van der Waals surface area contributed by atoms with Crippen molar-refractivity contribution < 1.29 is 8.85 Å². The number of rotatable bonds is 7. The second kappa shape index (κ2) is 6.88. The van der Waals surface area contributed by atoms with Crippen molar-refractivity contribution >= 4 is 9.28 Å². The highest BCUT2D eigenvalue weighted by molar-refractivity contribution is 6.54. The molecule has 1 aliphatic carbocycles. The van der Waals surface area contributed by atoms with Crippen LogP contribution in [0.25, 0.3) is 0 Å². The standard InChI is InChI=1S/C15H22O2Si/c1-3-16-18(17-4-2)15-11-10-14(15)12-13-8-6-5-7-9-13/h5-9,11,14,18H,3-4,10,12H2,1-2H3. The average molecular weight is 262 g/mol. The summed E-state index contributed by atoms with van der Waals surface area (Å²) in [7, 11) is -1.58. The van der Waals surface area contributed by atoms with Crippen LogP contribution in [0.15, 0.2) is 41.6 Å². The van der Waals surface area contributed by atoms with Gasteiger partial charge in [-0.1, -0.05) is 36.4 Å². The number of benzene rings is 1. The van der Waals surface area contributed by atoms with Crippen LogP contribution in [0.5, 0.6) is 0 Å². The van der Waals surface area contributed by atoms with Crippen LogP contribution in [-0.2, 0) is 15.3 Å². The Hall–Kier alpha value is -0.903. The highest BCUT2D eigenvalue weighted by Crippen LogP contribution is 2.32. The molecule has 0 aliphatic heterocycles. The van der Waals surface area contributed by atoms with Crippen LogP contribution in [0.1, 0.15) is 25.8 Å². The first-order valence-corrected chi connectivity index (χ1v) is 8.34. The summed E-state index contributed by atoms with van der Waals surface area (Å²) in [5.74, 6) is 0.641. The van der Waals surface area contributed by atoms with E-state index < -0.39 is 9.28 Å². The zero-order valence-electron chi connectivity index (χ0n) is 11.3. The monoisotopic (exact) mass is 262 g/mol. The van der Waals surface area contributed by atoms with Crippen molar-refractivity contribution in [3.8, 4) is 0 Å². The highest BCUT2D eigenvalue weighted by atomic mass is 28.3. The van der Waals surface area contributed by atoms with E-state index in [9.17, 15) is 0 Å². The average Bonchev–Trinajstić information content (AvgIpc) is 2.37. The van der Waals surface area contributed by atoms with Crippen LogP contribution in [0.3, 0.4) is 0 Å². The molecule has 1 unspecified atom stereocenters. The molecule has 1 aromatic rings. The van der Waals surface area contributed by atoms with Crippen LogP contribution in [-0.4, -0.2) is 22.5 Å². The van der Waals surface area contributed by atoms with Crippen LogP contribution in [0, 0.1) is 5.92 Å². The largest absolute Gasteiger partial charge is 0.394 e. The van der Waals surface area contributed by atoms with Gasteiger partial charge in [-0.3, -0.25) is 0 Å². The van der Waals surface area contributed by atoms with E-state index in [1.54, 1.807) is 0 Å². The minimum atomic E-state index is -1.58. The molecule has 1 aliphatic rings. The van der Waals surface area contributed by atoms with Gasteiger partial charge in [-0.05, 0) is 43.4 Å². The topological polar surface area (TPSA) is 18.5 Å². The van der Waals surface area contributed by atoms with Gasteiger partial charge in [0.25, 0.3) is 0 Å². The van der Waals surface area contributed by atoms with Gasteiger partial charge in [0.2, 0.25) is 0 Å². The van der Waals surface area contributed by atoms with Gasteiger partial charge < -0.3 is 8.85 Å². The molecule has 0 fully saturated rings. The summed E-state index contributed by atoms with van der Waals surface area (Å²) in [4.78, 5) is 0. The fraction of sp³-hybridized carbons (Fsp3) is 0.467. The van der Waals surface area contributed by atoms with Gasteiger partial charge in [0.1, 0.15) is 0 Å². The summed E-state index contributed by atoms with van der Waals surface area (Å²) < 4.78 is 11.6. The molecule has 1 aromatic carbocycles. The lowest BCUT2D eigenvalue weighted by Gasteiger charge is -2.31. The Morgan fingerprint density at radius 2 is 1.78 bits per heavy atom. The predicted molar refractivity (Wildman–Crippen MR) is 76.7 cm³/mol. The molecule has 0 radical (unpaired) electrons. The molecule has 2 rings (SSSR count). The van der Waals surface area contributed by atoms with Gasteiger partial charge in [-0.2, -0.15) is 0 Å². The van der Waals surface area contributed by atoms with E-state index in [1.165, 1.54) is 17.2 Å². The Kier molecular flexibility index (Phi) is 5.17. The number of allylic oxidation sites excluding steroid dienone is 2. The van der Waals surface area contributed by atoms with Gasteiger partial charge in [0.15, 0.2) is 0 Å². The minimum Gasteiger partial charge on any atom is -0.394 e. The molecule has 0 aromatic heterocycles. The lowest BCUT2D eigenvalue weighted by Crippen LogP contribution is -2.34. The lowest BCUT2D eigenvalue weighted by atomic mass is 9.88. The summed E-state index contributed by atoms with van der Waals surface area (Å²) in [6.07, 6.45) is 4.61. The molecular weight excluding hydrogens is 240 g/mol. The maximum absolute atomic E-state index is 5.80. The third-order valence-electron chi connectivity index (χ3n) is 3.34. The second-order valence-corrected chi connectivity index (χ2v) is 6.57. The molecule has 0 heterocycles. The molecule has 0 saturated heterocycles. The van der Waals surface area contributed by atoms with Crippen LogP contribution in [0.2, 0.25) is 0 Å². The van der Waals surface area contributed by atoms with E-state index in [-0.39, 0.29) is 0 Å². The first-order chi connectivity index (χ1) is 8.85. The number of hydrogen-bond donors (Lipinski definition) is 0. The molecule has 0 saturated carbocycles. The zero-order chi connectivity index (χ0) is 12.8. The molecule has 98 valence electrons. The fourth-order valence-electron chi connectivity index (χ4n) is 2.35. The zero-order valence-corrected chi connectivity index (χ0v) is 12.4. The smallest absolute Gasteiger partial charge is 0.351 e. The van der Waals surface area contributed by atoms with Crippen LogP contribution in [0.4, 0.5) is 0 Å². The summed E-state index contributed by atoms with van der Waals surface area (Å²) in [5.41, 5.74) is 1.41. The van der Waals surface area contributed by atoms with Crippen molar-refractivity contribution in [2.24, 2.45) is 5.92 Å². The summed E-state index contributed by atoms with van der Waals surface area (Å²) in [6, 6.07) is 10.7. The maximum Gasteiger partial charge on any atom is 0.351 e.